The number of rotatable bonds is 4. The zero-order chi connectivity index (χ0) is 14.4. The van der Waals surface area contributed by atoms with E-state index in [0.717, 1.165) is 11.3 Å². The number of halogens is 2. The number of thiocarbonyl (C=S) groups is 1. The summed E-state index contributed by atoms with van der Waals surface area (Å²) in [4.78, 5) is 0. The lowest BCUT2D eigenvalue weighted by molar-refractivity contribution is 0.874. The van der Waals surface area contributed by atoms with E-state index in [2.05, 4.69) is 16.7 Å². The summed E-state index contributed by atoms with van der Waals surface area (Å²) in [6.07, 6.45) is 0.711. The van der Waals surface area contributed by atoms with Gasteiger partial charge in [0.25, 0.3) is 0 Å². The van der Waals surface area contributed by atoms with E-state index in [1.165, 1.54) is 0 Å². The van der Waals surface area contributed by atoms with E-state index in [4.69, 9.17) is 35.4 Å². The van der Waals surface area contributed by atoms with Gasteiger partial charge in [0.15, 0.2) is 5.11 Å². The maximum absolute atomic E-state index is 6.11. The average molecular weight is 324 g/mol. The van der Waals surface area contributed by atoms with Gasteiger partial charge in [-0.05, 0) is 54.5 Å². The molecule has 2 rings (SSSR count). The van der Waals surface area contributed by atoms with Crippen LogP contribution in [0.15, 0.2) is 42.5 Å². The van der Waals surface area contributed by atoms with Gasteiger partial charge in [0.1, 0.15) is 0 Å². The van der Waals surface area contributed by atoms with E-state index < -0.39 is 0 Å². The van der Waals surface area contributed by atoms with Crippen LogP contribution < -0.4 is 10.6 Å². The summed E-state index contributed by atoms with van der Waals surface area (Å²) in [7, 11) is 0. The molecule has 0 bridgehead atoms. The molecule has 2 nitrogen and oxygen atoms in total. The van der Waals surface area contributed by atoms with Crippen molar-refractivity contribution < 1.29 is 0 Å². The second-order valence-corrected chi connectivity index (χ2v) is 5.34. The van der Waals surface area contributed by atoms with Crippen molar-refractivity contribution in [1.82, 2.24) is 5.32 Å². The van der Waals surface area contributed by atoms with E-state index in [9.17, 15) is 0 Å². The summed E-state index contributed by atoms with van der Waals surface area (Å²) in [5, 5.41) is 8.14. The van der Waals surface area contributed by atoms with Gasteiger partial charge in [-0.1, -0.05) is 41.4 Å². The highest BCUT2D eigenvalue weighted by molar-refractivity contribution is 7.80. The van der Waals surface area contributed by atoms with Crippen molar-refractivity contribution in [2.24, 2.45) is 0 Å². The van der Waals surface area contributed by atoms with Gasteiger partial charge >= 0.3 is 0 Å². The molecule has 0 heterocycles. The van der Waals surface area contributed by atoms with Gasteiger partial charge in [-0.25, -0.2) is 0 Å². The van der Waals surface area contributed by atoms with Crippen molar-refractivity contribution in [2.45, 2.75) is 6.42 Å². The second-order valence-electron chi connectivity index (χ2n) is 4.12. The predicted molar refractivity (Wildman–Crippen MR) is 89.7 cm³/mol. The predicted octanol–water partition coefficient (Wildman–Crippen LogP) is 4.32. The third kappa shape index (κ3) is 4.37. The Balaban J connectivity index is 1.83. The van der Waals surface area contributed by atoms with Gasteiger partial charge in [-0.3, -0.25) is 0 Å². The Morgan fingerprint density at radius 3 is 2.40 bits per heavy atom. The van der Waals surface area contributed by atoms with Gasteiger partial charge in [0.05, 0.1) is 0 Å². The fourth-order valence-electron chi connectivity index (χ4n) is 1.72. The number of nitrogens with one attached hydrogen (secondary N) is 2. The third-order valence-electron chi connectivity index (χ3n) is 2.70. The molecule has 0 aliphatic carbocycles. The van der Waals surface area contributed by atoms with Crippen LogP contribution in [0.3, 0.4) is 0 Å². The second kappa shape index (κ2) is 7.48. The fourth-order valence-corrected chi connectivity index (χ4v) is 2.52. The largest absolute Gasteiger partial charge is 0.362 e. The van der Waals surface area contributed by atoms with E-state index >= 15 is 0 Å². The van der Waals surface area contributed by atoms with Crippen molar-refractivity contribution in [3.63, 3.8) is 0 Å². The molecule has 0 aromatic heterocycles. The first kappa shape index (κ1) is 15.1. The highest BCUT2D eigenvalue weighted by Gasteiger charge is 2.05. The minimum Gasteiger partial charge on any atom is -0.362 e. The molecule has 0 saturated carbocycles. The Labute approximate surface area is 134 Å². The first-order chi connectivity index (χ1) is 9.66. The summed E-state index contributed by atoms with van der Waals surface area (Å²) in [5.74, 6) is 0. The monoisotopic (exact) mass is 323 g/mol. The molecule has 5 heteroatoms. The normalized spacial score (nSPS) is 10.1. The van der Waals surface area contributed by atoms with Crippen molar-refractivity contribution in [1.29, 1.82) is 0 Å². The molecule has 0 atom stereocenters. The lowest BCUT2D eigenvalue weighted by atomic mass is 10.1. The van der Waals surface area contributed by atoms with E-state index in [1.807, 2.05) is 42.5 Å². The zero-order valence-electron chi connectivity index (χ0n) is 10.6. The highest BCUT2D eigenvalue weighted by Crippen LogP contribution is 2.24. The average Bonchev–Trinajstić information content (AvgIpc) is 2.43. The Morgan fingerprint density at radius 1 is 1.10 bits per heavy atom. The molecule has 20 heavy (non-hydrogen) atoms. The SMILES string of the molecule is S=C(NCCc1c(Cl)cccc1Cl)Nc1cc[c]cc1. The summed E-state index contributed by atoms with van der Waals surface area (Å²) in [6, 6.07) is 15.9. The Kier molecular flexibility index (Phi) is 5.65. The minimum absolute atomic E-state index is 0.569. The van der Waals surface area contributed by atoms with Crippen LogP contribution in [-0.2, 0) is 6.42 Å². The molecular formula is C15H13Cl2N2S. The Bertz CT molecular complexity index is 567. The lowest BCUT2D eigenvalue weighted by Gasteiger charge is -2.11. The van der Waals surface area contributed by atoms with Crippen molar-refractivity contribution in [3.05, 3.63) is 64.1 Å². The zero-order valence-corrected chi connectivity index (χ0v) is 12.9. The van der Waals surface area contributed by atoms with E-state index in [-0.39, 0.29) is 0 Å². The molecular weight excluding hydrogens is 311 g/mol. The fraction of sp³-hybridized carbons (Fsp3) is 0.133. The van der Waals surface area contributed by atoms with Crippen molar-refractivity contribution in [2.75, 3.05) is 11.9 Å². The quantitative estimate of drug-likeness (QED) is 0.819. The van der Waals surface area contributed by atoms with Crippen LogP contribution in [0.1, 0.15) is 5.56 Å². The smallest absolute Gasteiger partial charge is 0.170 e. The lowest BCUT2D eigenvalue weighted by Crippen LogP contribution is -2.30. The molecule has 0 unspecified atom stereocenters. The van der Waals surface area contributed by atoms with Crippen LogP contribution >= 0.6 is 35.4 Å². The highest BCUT2D eigenvalue weighted by atomic mass is 35.5. The van der Waals surface area contributed by atoms with Gasteiger partial charge in [0, 0.05) is 22.3 Å². The standard InChI is InChI=1S/C15H13Cl2N2S/c16-13-7-4-8-14(17)12(13)9-10-18-15(20)19-11-5-2-1-3-6-11/h2-8H,9-10H2,(H2,18,19,20). The summed E-state index contributed by atoms with van der Waals surface area (Å²) >= 11 is 17.4. The molecule has 0 fully saturated rings. The van der Waals surface area contributed by atoms with Crippen LogP contribution in [0, 0.1) is 6.07 Å². The third-order valence-corrected chi connectivity index (χ3v) is 3.65. The van der Waals surface area contributed by atoms with Gasteiger partial charge in [0.2, 0.25) is 0 Å². The van der Waals surface area contributed by atoms with Crippen LogP contribution in [0.5, 0.6) is 0 Å². The molecule has 0 amide bonds. The summed E-state index contributed by atoms with van der Waals surface area (Å²) in [5.41, 5.74) is 1.86. The van der Waals surface area contributed by atoms with Crippen LogP contribution in [0.2, 0.25) is 10.0 Å². The van der Waals surface area contributed by atoms with Gasteiger partial charge < -0.3 is 10.6 Å². The number of hydrogen-bond donors (Lipinski definition) is 2. The van der Waals surface area contributed by atoms with Gasteiger partial charge in [-0.2, -0.15) is 0 Å². The van der Waals surface area contributed by atoms with Gasteiger partial charge in [-0.15, -0.1) is 0 Å². The summed E-state index contributed by atoms with van der Waals surface area (Å²) < 4.78 is 0. The van der Waals surface area contributed by atoms with Crippen LogP contribution in [-0.4, -0.2) is 11.7 Å². The molecule has 0 aliphatic heterocycles. The molecule has 2 aromatic carbocycles. The van der Waals surface area contributed by atoms with E-state index in [1.54, 1.807) is 0 Å². The molecule has 0 saturated heterocycles. The molecule has 0 spiro atoms. The summed E-state index contributed by atoms with van der Waals surface area (Å²) in [6.45, 7) is 0.661. The van der Waals surface area contributed by atoms with Crippen LogP contribution in [0.4, 0.5) is 5.69 Å². The topological polar surface area (TPSA) is 24.1 Å². The first-order valence-corrected chi connectivity index (χ1v) is 7.27. The van der Waals surface area contributed by atoms with Crippen molar-refractivity contribution >= 4 is 46.2 Å². The number of benzene rings is 2. The maximum Gasteiger partial charge on any atom is 0.170 e. The number of hydrogen-bond acceptors (Lipinski definition) is 1. The first-order valence-electron chi connectivity index (χ1n) is 6.10. The van der Waals surface area contributed by atoms with Crippen molar-refractivity contribution in [3.8, 4) is 0 Å². The Hall–Kier alpha value is -1.29. The minimum atomic E-state index is 0.569. The molecule has 2 N–H and O–H groups in total. The maximum atomic E-state index is 6.11. The van der Waals surface area contributed by atoms with E-state index in [0.29, 0.717) is 28.1 Å². The molecule has 1 radical (unpaired) electrons. The molecule has 2 aromatic rings. The Morgan fingerprint density at radius 2 is 1.75 bits per heavy atom. The molecule has 103 valence electrons. The number of anilines is 1. The molecule has 0 aliphatic rings. The van der Waals surface area contributed by atoms with Crippen LogP contribution in [0.25, 0.3) is 0 Å².